The highest BCUT2D eigenvalue weighted by atomic mass is 16.4. The zero-order chi connectivity index (χ0) is 16.8. The van der Waals surface area contributed by atoms with E-state index in [-0.39, 0.29) is 11.9 Å². The average molecular weight is 320 g/mol. The third-order valence-corrected chi connectivity index (χ3v) is 5.50. The van der Waals surface area contributed by atoms with Gasteiger partial charge in [0.1, 0.15) is 0 Å². The molecule has 0 radical (unpaired) electrons. The Balaban J connectivity index is 1.76. The molecule has 0 unspecified atom stereocenters. The minimum atomic E-state index is -0.763. The summed E-state index contributed by atoms with van der Waals surface area (Å²) in [4.78, 5) is 26.0. The average Bonchev–Trinajstić information content (AvgIpc) is 3.13. The standard InChI is InChI=1S/C16H24N4O3/c1-4-20-11(3)13(10(2)18-20)17-15(23)19-8-12-6-5-7-16(12,9-19)14(21)22/h12H,4-9H2,1-3H3,(H,17,23)(H,21,22)/t12-,16+/m0/s1. The smallest absolute Gasteiger partial charge is 0.321 e. The lowest BCUT2D eigenvalue weighted by Crippen LogP contribution is -2.38. The number of rotatable bonds is 3. The number of hydrogen-bond acceptors (Lipinski definition) is 3. The number of aromatic nitrogens is 2. The predicted molar refractivity (Wildman–Crippen MR) is 85.4 cm³/mol. The predicted octanol–water partition coefficient (Wildman–Crippen LogP) is 2.24. The molecule has 3 rings (SSSR count). The van der Waals surface area contributed by atoms with Gasteiger partial charge in [-0.25, -0.2) is 4.79 Å². The number of amides is 2. The number of carboxylic acid groups (broad SMARTS) is 1. The normalized spacial score (nSPS) is 26.4. The highest BCUT2D eigenvalue weighted by Gasteiger charge is 2.55. The molecule has 7 heteroatoms. The van der Waals surface area contributed by atoms with Crippen molar-refractivity contribution in [3.63, 3.8) is 0 Å². The van der Waals surface area contributed by atoms with Crippen molar-refractivity contribution in [3.05, 3.63) is 11.4 Å². The van der Waals surface area contributed by atoms with E-state index in [2.05, 4.69) is 10.4 Å². The van der Waals surface area contributed by atoms with Gasteiger partial charge in [-0.15, -0.1) is 0 Å². The lowest BCUT2D eigenvalue weighted by atomic mass is 9.81. The summed E-state index contributed by atoms with van der Waals surface area (Å²) < 4.78 is 1.85. The Morgan fingerprint density at radius 1 is 1.43 bits per heavy atom. The minimum Gasteiger partial charge on any atom is -0.481 e. The van der Waals surface area contributed by atoms with Crippen LogP contribution in [-0.2, 0) is 11.3 Å². The van der Waals surface area contributed by atoms with Crippen LogP contribution in [0.5, 0.6) is 0 Å². The quantitative estimate of drug-likeness (QED) is 0.894. The first-order chi connectivity index (χ1) is 10.9. The molecule has 2 aliphatic rings. The summed E-state index contributed by atoms with van der Waals surface area (Å²) in [5.74, 6) is -0.687. The first-order valence-corrected chi connectivity index (χ1v) is 8.22. The van der Waals surface area contributed by atoms with E-state index in [0.717, 1.165) is 36.5 Å². The molecule has 2 heterocycles. The zero-order valence-electron chi connectivity index (χ0n) is 13.9. The van der Waals surface area contributed by atoms with E-state index in [1.165, 1.54) is 0 Å². The maximum Gasteiger partial charge on any atom is 0.321 e. The third-order valence-electron chi connectivity index (χ3n) is 5.50. The maximum absolute atomic E-state index is 12.6. The van der Waals surface area contributed by atoms with Crippen LogP contribution in [0.2, 0.25) is 0 Å². The van der Waals surface area contributed by atoms with Gasteiger partial charge >= 0.3 is 12.0 Å². The Morgan fingerprint density at radius 3 is 2.74 bits per heavy atom. The zero-order valence-corrected chi connectivity index (χ0v) is 13.9. The highest BCUT2D eigenvalue weighted by molar-refractivity contribution is 5.91. The topological polar surface area (TPSA) is 87.5 Å². The Kier molecular flexibility index (Phi) is 3.82. The molecule has 2 amide bonds. The van der Waals surface area contributed by atoms with E-state index >= 15 is 0 Å². The van der Waals surface area contributed by atoms with Gasteiger partial charge in [0.25, 0.3) is 0 Å². The fourth-order valence-electron chi connectivity index (χ4n) is 4.17. The molecule has 1 saturated heterocycles. The van der Waals surface area contributed by atoms with Gasteiger partial charge in [0.15, 0.2) is 0 Å². The molecule has 1 aromatic rings. The number of anilines is 1. The van der Waals surface area contributed by atoms with Gasteiger partial charge < -0.3 is 15.3 Å². The van der Waals surface area contributed by atoms with Gasteiger partial charge in [-0.3, -0.25) is 9.48 Å². The van der Waals surface area contributed by atoms with Crippen LogP contribution >= 0.6 is 0 Å². The van der Waals surface area contributed by atoms with Crippen molar-refractivity contribution in [3.8, 4) is 0 Å². The fourth-order valence-corrected chi connectivity index (χ4v) is 4.17. The number of nitrogens with zero attached hydrogens (tertiary/aromatic N) is 3. The van der Waals surface area contributed by atoms with E-state index in [1.54, 1.807) is 4.90 Å². The molecule has 0 aromatic carbocycles. The van der Waals surface area contributed by atoms with Crippen molar-refractivity contribution in [2.24, 2.45) is 11.3 Å². The number of aryl methyl sites for hydroxylation is 2. The number of nitrogens with one attached hydrogen (secondary N) is 1. The first-order valence-electron chi connectivity index (χ1n) is 8.22. The minimum absolute atomic E-state index is 0.0753. The Hall–Kier alpha value is -2.05. The molecule has 2 atom stereocenters. The van der Waals surface area contributed by atoms with E-state index in [1.807, 2.05) is 25.5 Å². The lowest BCUT2D eigenvalue weighted by molar-refractivity contribution is -0.149. The monoisotopic (exact) mass is 320 g/mol. The molecule has 1 saturated carbocycles. The van der Waals surface area contributed by atoms with Crippen LogP contribution in [0.3, 0.4) is 0 Å². The van der Waals surface area contributed by atoms with E-state index in [4.69, 9.17) is 0 Å². The summed E-state index contributed by atoms with van der Waals surface area (Å²) in [6, 6.07) is -0.220. The van der Waals surface area contributed by atoms with Gasteiger partial charge in [0.2, 0.25) is 0 Å². The summed E-state index contributed by atoms with van der Waals surface area (Å²) in [5.41, 5.74) is 1.70. The summed E-state index contributed by atoms with van der Waals surface area (Å²) >= 11 is 0. The van der Waals surface area contributed by atoms with Crippen LogP contribution < -0.4 is 5.32 Å². The molecule has 23 heavy (non-hydrogen) atoms. The van der Waals surface area contributed by atoms with Crippen molar-refractivity contribution < 1.29 is 14.7 Å². The molecular formula is C16H24N4O3. The number of aliphatic carboxylic acids is 1. The molecule has 0 bridgehead atoms. The van der Waals surface area contributed by atoms with E-state index in [9.17, 15) is 14.7 Å². The Labute approximate surface area is 135 Å². The van der Waals surface area contributed by atoms with Gasteiger partial charge in [0, 0.05) is 19.6 Å². The Morgan fingerprint density at radius 2 is 2.17 bits per heavy atom. The van der Waals surface area contributed by atoms with Gasteiger partial charge in [-0.05, 0) is 39.5 Å². The van der Waals surface area contributed by atoms with Crippen molar-refractivity contribution >= 4 is 17.7 Å². The number of fused-ring (bicyclic) bond motifs is 1. The number of likely N-dealkylation sites (tertiary alicyclic amines) is 1. The van der Waals surface area contributed by atoms with Crippen LogP contribution in [0, 0.1) is 25.2 Å². The molecule has 2 fully saturated rings. The van der Waals surface area contributed by atoms with Crippen LogP contribution in [0.1, 0.15) is 37.6 Å². The molecule has 1 aliphatic carbocycles. The van der Waals surface area contributed by atoms with Crippen molar-refractivity contribution in [1.29, 1.82) is 0 Å². The number of hydrogen-bond donors (Lipinski definition) is 2. The van der Waals surface area contributed by atoms with Crippen LogP contribution in [-0.4, -0.2) is 44.9 Å². The highest BCUT2D eigenvalue weighted by Crippen LogP contribution is 2.49. The fraction of sp³-hybridized carbons (Fsp3) is 0.688. The number of carbonyl (C=O) groups is 2. The van der Waals surface area contributed by atoms with Crippen molar-refractivity contribution in [2.45, 2.75) is 46.6 Å². The van der Waals surface area contributed by atoms with Gasteiger partial charge in [-0.1, -0.05) is 6.42 Å². The van der Waals surface area contributed by atoms with E-state index in [0.29, 0.717) is 19.5 Å². The molecule has 0 spiro atoms. The van der Waals surface area contributed by atoms with Crippen molar-refractivity contribution in [1.82, 2.24) is 14.7 Å². The number of carboxylic acids is 1. The second-order valence-corrected chi connectivity index (χ2v) is 6.72. The summed E-state index contributed by atoms with van der Waals surface area (Å²) in [5, 5.41) is 16.9. The molecule has 126 valence electrons. The molecular weight excluding hydrogens is 296 g/mol. The first kappa shape index (κ1) is 15.8. The Bertz CT molecular complexity index is 654. The van der Waals surface area contributed by atoms with Crippen LogP contribution in [0.25, 0.3) is 0 Å². The lowest BCUT2D eigenvalue weighted by Gasteiger charge is -2.23. The molecule has 1 aromatic heterocycles. The molecule has 7 nitrogen and oxygen atoms in total. The summed E-state index contributed by atoms with van der Waals surface area (Å²) in [6.07, 6.45) is 2.50. The molecule has 2 N–H and O–H groups in total. The van der Waals surface area contributed by atoms with Crippen LogP contribution in [0.4, 0.5) is 10.5 Å². The van der Waals surface area contributed by atoms with Crippen molar-refractivity contribution in [2.75, 3.05) is 18.4 Å². The third kappa shape index (κ3) is 2.38. The summed E-state index contributed by atoms with van der Waals surface area (Å²) in [6.45, 7) is 7.37. The molecule has 1 aliphatic heterocycles. The van der Waals surface area contributed by atoms with Gasteiger partial charge in [0.05, 0.1) is 22.5 Å². The second-order valence-electron chi connectivity index (χ2n) is 6.72. The van der Waals surface area contributed by atoms with Crippen LogP contribution in [0.15, 0.2) is 0 Å². The maximum atomic E-state index is 12.6. The van der Waals surface area contributed by atoms with E-state index < -0.39 is 11.4 Å². The second kappa shape index (κ2) is 5.54. The van der Waals surface area contributed by atoms with Gasteiger partial charge in [-0.2, -0.15) is 5.10 Å². The summed E-state index contributed by atoms with van der Waals surface area (Å²) in [7, 11) is 0. The largest absolute Gasteiger partial charge is 0.481 e. The number of urea groups is 1. The number of carbonyl (C=O) groups excluding carboxylic acids is 1. The SMILES string of the molecule is CCn1nc(C)c(NC(=O)N2C[C@@H]3CCC[C@@]3(C(=O)O)C2)c1C.